The van der Waals surface area contributed by atoms with Gasteiger partial charge in [-0.25, -0.2) is 87.8 Å². The maximum absolute atomic E-state index is 15.4. The number of pyridine rings is 1. The monoisotopic (exact) mass is 1000 g/mol. The molecule has 0 fully saturated rings. The Bertz CT molecular complexity index is 2730. The van der Waals surface area contributed by atoms with Gasteiger partial charge in [0.1, 0.15) is 52.7 Å². The summed E-state index contributed by atoms with van der Waals surface area (Å²) in [4.78, 5) is 12.3. The maximum atomic E-state index is 15.4. The molecule has 0 aliphatic rings. The Morgan fingerprint density at radius 1 is 0.400 bits per heavy atom. The molecule has 0 aliphatic heterocycles. The Labute approximate surface area is 357 Å². The van der Waals surface area contributed by atoms with Crippen molar-refractivity contribution >= 4 is 60.6 Å². The SMILES string of the molecule is Fc1c(F)c(F)c([B-](c2c(F)c(F)c(F)c(F)c2F)(c2c(F)c(F)c(F)c(F)c2F)c2c(F)c(F)c(F)c(F)c2F)c(F)c1F.O=C(C[n+]1cc(Br)cc2ccccc21)c1ccccc1. The lowest BCUT2D eigenvalue weighted by atomic mass is 9.12. The lowest BCUT2D eigenvalue weighted by molar-refractivity contribution is -0.657. The Kier molecular flexibility index (Phi) is 13.2. The number of aromatic nitrogens is 1. The number of ketones is 1. The van der Waals surface area contributed by atoms with Crippen LogP contribution in [-0.2, 0) is 6.54 Å². The molecule has 0 atom stereocenters. The maximum Gasteiger partial charge on any atom is 0.227 e. The fourth-order valence-electron chi connectivity index (χ4n) is 7.15. The van der Waals surface area contributed by atoms with Crippen LogP contribution in [0.15, 0.2) is 71.3 Å². The third kappa shape index (κ3) is 7.63. The highest BCUT2D eigenvalue weighted by atomic mass is 79.9. The first-order valence-corrected chi connectivity index (χ1v) is 18.1. The minimum absolute atomic E-state index is 0.110. The fourth-order valence-corrected chi connectivity index (χ4v) is 7.64. The summed E-state index contributed by atoms with van der Waals surface area (Å²) in [7, 11) is 0. The molecule has 0 radical (unpaired) electrons. The molecule has 338 valence electrons. The number of hydrogen-bond acceptors (Lipinski definition) is 1. The van der Waals surface area contributed by atoms with Gasteiger partial charge in [0, 0.05) is 17.0 Å². The van der Waals surface area contributed by atoms with Crippen LogP contribution in [0.25, 0.3) is 10.9 Å². The minimum Gasteiger partial charge on any atom is -0.287 e. The topological polar surface area (TPSA) is 20.9 Å². The van der Waals surface area contributed by atoms with Crippen molar-refractivity contribution in [3.05, 3.63) is 193 Å². The second-order valence-corrected chi connectivity index (χ2v) is 14.4. The molecule has 1 heterocycles. The molecule has 1 aromatic heterocycles. The zero-order valence-electron chi connectivity index (χ0n) is 30.9. The van der Waals surface area contributed by atoms with E-state index in [2.05, 4.69) is 22.0 Å². The van der Waals surface area contributed by atoms with Gasteiger partial charge in [-0.15, -0.1) is 21.9 Å². The fraction of sp³-hybridized carbons (Fsp3) is 0.0244. The van der Waals surface area contributed by atoms with Crippen molar-refractivity contribution in [2.75, 3.05) is 0 Å². The van der Waals surface area contributed by atoms with E-state index < -0.39 is 144 Å². The molecule has 0 bridgehead atoms. The zero-order chi connectivity index (χ0) is 48.3. The molecule has 0 amide bonds. The van der Waals surface area contributed by atoms with Gasteiger partial charge in [0.05, 0.1) is 4.47 Å². The van der Waals surface area contributed by atoms with Crippen LogP contribution < -0.4 is 26.4 Å². The second kappa shape index (κ2) is 17.8. The summed E-state index contributed by atoms with van der Waals surface area (Å²) in [6.07, 6.45) is -5.27. The van der Waals surface area contributed by atoms with Gasteiger partial charge in [0.25, 0.3) is 0 Å². The summed E-state index contributed by atoms with van der Waals surface area (Å²) in [5.74, 6) is -71.3. The molecule has 2 nitrogen and oxygen atoms in total. The van der Waals surface area contributed by atoms with Gasteiger partial charge >= 0.3 is 0 Å². The molecule has 6 aromatic carbocycles. The van der Waals surface area contributed by atoms with Gasteiger partial charge in [-0.1, -0.05) is 42.5 Å². The first-order valence-electron chi connectivity index (χ1n) is 17.3. The van der Waals surface area contributed by atoms with Gasteiger partial charge in [-0.2, -0.15) is 4.57 Å². The Hall–Kier alpha value is -6.46. The second-order valence-electron chi connectivity index (χ2n) is 13.4. The number of carbonyl (C=O) groups excluding carboxylic acids is 1. The van der Waals surface area contributed by atoms with E-state index in [9.17, 15) is 57.5 Å². The van der Waals surface area contributed by atoms with Crippen LogP contribution in [0.3, 0.4) is 0 Å². The van der Waals surface area contributed by atoms with Crippen molar-refractivity contribution in [1.82, 2.24) is 0 Å². The van der Waals surface area contributed by atoms with E-state index >= 15 is 35.1 Å². The van der Waals surface area contributed by atoms with Gasteiger partial charge in [-0.3, -0.25) is 4.79 Å². The van der Waals surface area contributed by atoms with Crippen LogP contribution in [0.1, 0.15) is 10.4 Å². The van der Waals surface area contributed by atoms with E-state index in [1.165, 1.54) is 0 Å². The minimum atomic E-state index is -7.22. The molecule has 0 saturated heterocycles. The number of nitrogens with zero attached hydrogens (tertiary/aromatic N) is 1. The standard InChI is InChI=1S/C24BF20.C17H13BrNO/c26-5-1(6(27)14(35)21(42)13(5)34)25(2-7(28)15(36)22(43)16(37)8(2)29,3-9(30)17(38)23(44)18(39)10(3)31)4-11(32)19(40)24(45)20(41)12(4)33;18-15-10-14-8-4-5-9-16(14)19(11-15)12-17(20)13-6-2-1-3-7-13/h;1-11H,12H2/q-1;+1. The van der Waals surface area contributed by atoms with Crippen molar-refractivity contribution in [2.45, 2.75) is 6.54 Å². The third-order valence-corrected chi connectivity index (χ3v) is 10.4. The highest BCUT2D eigenvalue weighted by Crippen LogP contribution is 2.31. The van der Waals surface area contributed by atoms with E-state index in [1.54, 1.807) is 0 Å². The summed E-state index contributed by atoms with van der Waals surface area (Å²) < 4.78 is 297. The number of fused-ring (bicyclic) bond motifs is 1. The highest BCUT2D eigenvalue weighted by molar-refractivity contribution is 9.10. The number of hydrogen-bond donors (Lipinski definition) is 0. The smallest absolute Gasteiger partial charge is 0.227 e. The average molecular weight is 1010 g/mol. The van der Waals surface area contributed by atoms with E-state index in [-0.39, 0.29) is 5.78 Å². The van der Waals surface area contributed by atoms with Crippen LogP contribution in [0, 0.1) is 116 Å². The first kappa shape index (κ1) is 48.0. The van der Waals surface area contributed by atoms with Gasteiger partial charge in [-0.05, 0) is 28.1 Å². The number of rotatable bonds is 7. The molecule has 65 heavy (non-hydrogen) atoms. The number of benzene rings is 6. The third-order valence-electron chi connectivity index (χ3n) is 9.94. The Morgan fingerprint density at radius 2 is 0.677 bits per heavy atom. The number of carbonyl (C=O) groups is 1. The van der Waals surface area contributed by atoms with E-state index in [0.29, 0.717) is 6.54 Å². The lowest BCUT2D eigenvalue weighted by Gasteiger charge is -2.44. The molecule has 0 saturated carbocycles. The quantitative estimate of drug-likeness (QED) is 0.0390. The molecule has 0 spiro atoms. The van der Waals surface area contributed by atoms with Crippen molar-refractivity contribution in [3.8, 4) is 0 Å². The van der Waals surface area contributed by atoms with Crippen molar-refractivity contribution < 1.29 is 97.2 Å². The van der Waals surface area contributed by atoms with Crippen LogP contribution in [0.2, 0.25) is 0 Å². The van der Waals surface area contributed by atoms with E-state index in [4.69, 9.17) is 0 Å². The summed E-state index contributed by atoms with van der Waals surface area (Å²) in [5.41, 5.74) is -12.5. The van der Waals surface area contributed by atoms with Crippen LogP contribution in [0.5, 0.6) is 0 Å². The van der Waals surface area contributed by atoms with E-state index in [0.717, 1.165) is 20.9 Å². The first-order chi connectivity index (χ1) is 30.4. The molecular weight excluding hydrogens is 993 g/mol. The molecule has 7 aromatic rings. The van der Waals surface area contributed by atoms with Crippen LogP contribution in [-0.4, -0.2) is 11.9 Å². The summed E-state index contributed by atoms with van der Waals surface area (Å²) in [6, 6.07) is 19.5. The molecule has 24 heteroatoms. The zero-order valence-corrected chi connectivity index (χ0v) is 32.5. The molecule has 7 rings (SSSR count). The average Bonchev–Trinajstić information content (AvgIpc) is 3.29. The lowest BCUT2D eigenvalue weighted by Crippen LogP contribution is -2.81. The van der Waals surface area contributed by atoms with Crippen molar-refractivity contribution in [1.29, 1.82) is 0 Å². The predicted octanol–water partition coefficient (Wildman–Crippen LogP) is 9.62. The molecular formula is C41H13BBrF20NO. The normalized spacial score (nSPS) is 11.6. The Balaban J connectivity index is 0.000000289. The van der Waals surface area contributed by atoms with E-state index in [1.807, 2.05) is 65.4 Å². The van der Waals surface area contributed by atoms with Crippen molar-refractivity contribution in [3.63, 3.8) is 0 Å². The summed E-state index contributed by atoms with van der Waals surface area (Å²) in [5, 5.41) is 1.11. The number of halogens is 21. The highest BCUT2D eigenvalue weighted by Gasteiger charge is 2.52. The largest absolute Gasteiger partial charge is 0.287 e. The van der Waals surface area contributed by atoms with Crippen LogP contribution >= 0.6 is 15.9 Å². The molecule has 0 unspecified atom stereocenters. The number of Topliss-reactive ketones (excluding diaryl/α,β-unsaturated/α-hetero) is 1. The van der Waals surface area contributed by atoms with Crippen LogP contribution in [0.4, 0.5) is 87.8 Å². The predicted molar refractivity (Wildman–Crippen MR) is 192 cm³/mol. The van der Waals surface area contributed by atoms with Gasteiger partial charge < -0.3 is 0 Å². The Morgan fingerprint density at radius 3 is 1.00 bits per heavy atom. The van der Waals surface area contributed by atoms with Gasteiger partial charge in [0.15, 0.2) is 76.0 Å². The number of para-hydroxylation sites is 1. The van der Waals surface area contributed by atoms with Crippen molar-refractivity contribution in [2.24, 2.45) is 0 Å². The molecule has 0 aliphatic carbocycles. The molecule has 0 N–H and O–H groups in total. The summed E-state index contributed by atoms with van der Waals surface area (Å²) in [6.45, 7) is 0.337. The van der Waals surface area contributed by atoms with Gasteiger partial charge in [0.2, 0.25) is 17.8 Å². The summed E-state index contributed by atoms with van der Waals surface area (Å²) >= 11 is 3.50.